The number of aryl methyl sites for hydroxylation is 2. The van der Waals surface area contributed by atoms with E-state index < -0.39 is 12.1 Å². The van der Waals surface area contributed by atoms with Crippen LogP contribution in [0.1, 0.15) is 23.1 Å². The highest BCUT2D eigenvalue weighted by Gasteiger charge is 2.38. The molecule has 0 amide bonds. The van der Waals surface area contributed by atoms with Crippen LogP contribution >= 0.6 is 0 Å². The molecular formula is C15H15F3. The SMILES string of the molecule is Cc1ccc(C)c(C2=CC(C(F)(F)F)CC=C2)c1. The fourth-order valence-electron chi connectivity index (χ4n) is 2.14. The maximum atomic E-state index is 12.7. The van der Waals surface area contributed by atoms with Crippen LogP contribution in [0.2, 0.25) is 0 Å². The van der Waals surface area contributed by atoms with Crippen molar-refractivity contribution in [2.45, 2.75) is 26.4 Å². The summed E-state index contributed by atoms with van der Waals surface area (Å²) in [5, 5.41) is 0. The van der Waals surface area contributed by atoms with Crippen molar-refractivity contribution in [2.24, 2.45) is 5.92 Å². The summed E-state index contributed by atoms with van der Waals surface area (Å²) in [5.41, 5.74) is 3.61. The number of benzene rings is 1. The highest BCUT2D eigenvalue weighted by Crippen LogP contribution is 2.36. The third-order valence-corrected chi connectivity index (χ3v) is 3.19. The van der Waals surface area contributed by atoms with E-state index in [2.05, 4.69) is 0 Å². The van der Waals surface area contributed by atoms with E-state index >= 15 is 0 Å². The molecule has 1 aliphatic carbocycles. The molecule has 0 fully saturated rings. The summed E-state index contributed by atoms with van der Waals surface area (Å²) in [6, 6.07) is 5.84. The van der Waals surface area contributed by atoms with E-state index in [1.54, 1.807) is 12.2 Å². The minimum absolute atomic E-state index is 0.0395. The van der Waals surface area contributed by atoms with Gasteiger partial charge in [-0.15, -0.1) is 0 Å². The van der Waals surface area contributed by atoms with Gasteiger partial charge in [0.1, 0.15) is 0 Å². The lowest BCUT2D eigenvalue weighted by Crippen LogP contribution is -2.21. The summed E-state index contributed by atoms with van der Waals surface area (Å²) in [4.78, 5) is 0. The van der Waals surface area contributed by atoms with Gasteiger partial charge >= 0.3 is 6.18 Å². The fraction of sp³-hybridized carbons (Fsp3) is 0.333. The van der Waals surface area contributed by atoms with Gasteiger partial charge in [-0.05, 0) is 37.0 Å². The first kappa shape index (κ1) is 12.9. The lowest BCUT2D eigenvalue weighted by molar-refractivity contribution is -0.160. The summed E-state index contributed by atoms with van der Waals surface area (Å²) >= 11 is 0. The van der Waals surface area contributed by atoms with E-state index in [4.69, 9.17) is 0 Å². The highest BCUT2D eigenvalue weighted by atomic mass is 19.4. The summed E-state index contributed by atoms with van der Waals surface area (Å²) in [7, 11) is 0. The summed E-state index contributed by atoms with van der Waals surface area (Å²) in [5.74, 6) is -1.36. The molecule has 1 unspecified atom stereocenters. The van der Waals surface area contributed by atoms with Gasteiger partial charge in [-0.3, -0.25) is 0 Å². The molecule has 1 aromatic carbocycles. The Morgan fingerprint density at radius 1 is 1.17 bits per heavy atom. The molecule has 3 heteroatoms. The number of hydrogen-bond acceptors (Lipinski definition) is 0. The van der Waals surface area contributed by atoms with Gasteiger partial charge in [-0.25, -0.2) is 0 Å². The Hall–Kier alpha value is -1.51. The molecule has 0 heterocycles. The average molecular weight is 252 g/mol. The molecule has 0 spiro atoms. The van der Waals surface area contributed by atoms with Crippen LogP contribution < -0.4 is 0 Å². The summed E-state index contributed by atoms with van der Waals surface area (Å²) in [6.07, 6.45) is 0.604. The van der Waals surface area contributed by atoms with Crippen LogP contribution in [0.3, 0.4) is 0 Å². The molecule has 1 atom stereocenters. The van der Waals surface area contributed by atoms with Gasteiger partial charge in [-0.1, -0.05) is 42.0 Å². The van der Waals surface area contributed by atoms with Crippen molar-refractivity contribution in [3.8, 4) is 0 Å². The quantitative estimate of drug-likeness (QED) is 0.671. The summed E-state index contributed by atoms with van der Waals surface area (Å²) < 4.78 is 38.2. The average Bonchev–Trinajstić information content (AvgIpc) is 2.31. The van der Waals surface area contributed by atoms with Gasteiger partial charge in [0.15, 0.2) is 0 Å². The second kappa shape index (κ2) is 4.63. The monoisotopic (exact) mass is 252 g/mol. The van der Waals surface area contributed by atoms with Crippen molar-refractivity contribution in [1.82, 2.24) is 0 Å². The van der Waals surface area contributed by atoms with E-state index in [0.29, 0.717) is 5.57 Å². The third-order valence-electron chi connectivity index (χ3n) is 3.19. The Bertz CT molecular complexity index is 507. The Labute approximate surface area is 105 Å². The van der Waals surface area contributed by atoms with E-state index in [9.17, 15) is 13.2 Å². The first-order valence-corrected chi connectivity index (χ1v) is 5.90. The van der Waals surface area contributed by atoms with E-state index in [-0.39, 0.29) is 6.42 Å². The van der Waals surface area contributed by atoms with Gasteiger partial charge in [-0.2, -0.15) is 13.2 Å². The second-order valence-electron chi connectivity index (χ2n) is 4.73. The van der Waals surface area contributed by atoms with Crippen LogP contribution in [0.4, 0.5) is 13.2 Å². The highest BCUT2D eigenvalue weighted by molar-refractivity contribution is 5.77. The van der Waals surface area contributed by atoms with Crippen molar-refractivity contribution < 1.29 is 13.2 Å². The first-order chi connectivity index (χ1) is 8.38. The Morgan fingerprint density at radius 2 is 1.89 bits per heavy atom. The lowest BCUT2D eigenvalue weighted by Gasteiger charge is -2.20. The van der Waals surface area contributed by atoms with Gasteiger partial charge < -0.3 is 0 Å². The number of rotatable bonds is 1. The number of alkyl halides is 3. The van der Waals surface area contributed by atoms with Crippen molar-refractivity contribution in [2.75, 3.05) is 0 Å². The molecule has 18 heavy (non-hydrogen) atoms. The van der Waals surface area contributed by atoms with Gasteiger partial charge in [0, 0.05) is 0 Å². The molecular weight excluding hydrogens is 237 g/mol. The number of allylic oxidation sites excluding steroid dienone is 4. The zero-order chi connectivity index (χ0) is 13.3. The van der Waals surface area contributed by atoms with Crippen LogP contribution in [-0.4, -0.2) is 6.18 Å². The van der Waals surface area contributed by atoms with Crippen molar-refractivity contribution in [3.05, 3.63) is 53.1 Å². The smallest absolute Gasteiger partial charge is 0.170 e. The van der Waals surface area contributed by atoms with Gasteiger partial charge in [0.2, 0.25) is 0 Å². The molecule has 2 rings (SSSR count). The van der Waals surface area contributed by atoms with Gasteiger partial charge in [0.25, 0.3) is 0 Å². The fourth-order valence-corrected chi connectivity index (χ4v) is 2.14. The maximum Gasteiger partial charge on any atom is 0.395 e. The third kappa shape index (κ3) is 2.66. The topological polar surface area (TPSA) is 0 Å². The molecule has 0 nitrogen and oxygen atoms in total. The van der Waals surface area contributed by atoms with Crippen LogP contribution in [-0.2, 0) is 0 Å². The predicted octanol–water partition coefficient (Wildman–Crippen LogP) is 4.83. The largest absolute Gasteiger partial charge is 0.395 e. The molecule has 0 aliphatic heterocycles. The lowest BCUT2D eigenvalue weighted by atomic mass is 9.89. The minimum atomic E-state index is -4.16. The first-order valence-electron chi connectivity index (χ1n) is 5.90. The van der Waals surface area contributed by atoms with Crippen LogP contribution in [0.5, 0.6) is 0 Å². The normalized spacial score (nSPS) is 19.8. The van der Waals surface area contributed by atoms with E-state index in [0.717, 1.165) is 16.7 Å². The molecule has 0 aromatic heterocycles. The zero-order valence-corrected chi connectivity index (χ0v) is 10.4. The van der Waals surface area contributed by atoms with E-state index in [1.807, 2.05) is 32.0 Å². The Balaban J connectivity index is 2.41. The molecule has 96 valence electrons. The molecule has 0 bridgehead atoms. The summed E-state index contributed by atoms with van der Waals surface area (Å²) in [6.45, 7) is 3.86. The Kier molecular flexibility index (Phi) is 3.33. The molecule has 0 saturated heterocycles. The molecule has 0 radical (unpaired) electrons. The molecule has 1 aromatic rings. The van der Waals surface area contributed by atoms with Gasteiger partial charge in [0.05, 0.1) is 5.92 Å². The second-order valence-corrected chi connectivity index (χ2v) is 4.73. The van der Waals surface area contributed by atoms with Crippen LogP contribution in [0.15, 0.2) is 36.4 Å². The van der Waals surface area contributed by atoms with Crippen molar-refractivity contribution >= 4 is 5.57 Å². The molecule has 0 N–H and O–H groups in total. The minimum Gasteiger partial charge on any atom is -0.170 e. The number of hydrogen-bond donors (Lipinski definition) is 0. The van der Waals surface area contributed by atoms with Crippen molar-refractivity contribution in [3.63, 3.8) is 0 Å². The van der Waals surface area contributed by atoms with E-state index in [1.165, 1.54) is 6.08 Å². The van der Waals surface area contributed by atoms with Crippen LogP contribution in [0, 0.1) is 19.8 Å². The zero-order valence-electron chi connectivity index (χ0n) is 10.4. The standard InChI is InChI=1S/C15H15F3/c1-10-6-7-11(2)14(8-10)12-4-3-5-13(9-12)15(16,17)18/h3-4,6-9,13H,5H2,1-2H3. The van der Waals surface area contributed by atoms with Crippen molar-refractivity contribution in [1.29, 1.82) is 0 Å². The Morgan fingerprint density at radius 3 is 2.56 bits per heavy atom. The van der Waals surface area contributed by atoms with Crippen LogP contribution in [0.25, 0.3) is 5.57 Å². The maximum absolute atomic E-state index is 12.7. The molecule has 0 saturated carbocycles. The molecule has 1 aliphatic rings. The predicted molar refractivity (Wildman–Crippen MR) is 67.2 cm³/mol. The number of halogens is 3.